The monoisotopic (exact) mass is 232 g/mol. The fraction of sp³-hybridized carbons (Fsp3) is 0.214. The lowest BCUT2D eigenvalue weighted by atomic mass is 10.1. The van der Waals surface area contributed by atoms with Gasteiger partial charge in [-0.3, -0.25) is 0 Å². The quantitative estimate of drug-likeness (QED) is 0.429. The first-order chi connectivity index (χ1) is 8.17. The molecule has 0 amide bonds. The van der Waals surface area contributed by atoms with Crippen molar-refractivity contribution in [2.45, 2.75) is 6.42 Å². The largest absolute Gasteiger partial charge is 0.490 e. The molecular formula is C14H16O3. The summed E-state index contributed by atoms with van der Waals surface area (Å²) in [6, 6.07) is 7.49. The molecule has 0 spiro atoms. The molecule has 0 aromatic heterocycles. The van der Waals surface area contributed by atoms with Crippen molar-refractivity contribution >= 4 is 5.97 Å². The first-order valence-corrected chi connectivity index (χ1v) is 5.26. The summed E-state index contributed by atoms with van der Waals surface area (Å²) in [5.74, 6) is 0.398. The Hall–Kier alpha value is -2.03. The minimum absolute atomic E-state index is 0.378. The maximum Gasteiger partial charge on any atom is 0.333 e. The molecule has 0 bridgehead atoms. The van der Waals surface area contributed by atoms with Crippen LogP contribution in [0.5, 0.6) is 5.75 Å². The number of methoxy groups -OCH3 is 1. The first-order valence-electron chi connectivity index (χ1n) is 5.26. The van der Waals surface area contributed by atoms with Gasteiger partial charge in [0.1, 0.15) is 12.4 Å². The fourth-order valence-electron chi connectivity index (χ4n) is 1.32. The Labute approximate surface area is 101 Å². The lowest BCUT2D eigenvalue weighted by molar-refractivity contribution is -0.136. The highest BCUT2D eigenvalue weighted by Gasteiger charge is 2.07. The Kier molecular flexibility index (Phi) is 5.01. The van der Waals surface area contributed by atoms with Crippen LogP contribution in [0.4, 0.5) is 0 Å². The second-order valence-electron chi connectivity index (χ2n) is 3.52. The van der Waals surface area contributed by atoms with Gasteiger partial charge < -0.3 is 9.47 Å². The van der Waals surface area contributed by atoms with Crippen molar-refractivity contribution in [3.8, 4) is 5.75 Å². The molecule has 0 aliphatic rings. The predicted octanol–water partition coefficient (Wildman–Crippen LogP) is 2.52. The van der Waals surface area contributed by atoms with Gasteiger partial charge in [0, 0.05) is 12.0 Å². The summed E-state index contributed by atoms with van der Waals surface area (Å²) in [4.78, 5) is 11.2. The average Bonchev–Trinajstić information content (AvgIpc) is 2.37. The Morgan fingerprint density at radius 2 is 2.00 bits per heavy atom. The van der Waals surface area contributed by atoms with E-state index in [4.69, 9.17) is 4.74 Å². The number of hydrogen-bond donors (Lipinski definition) is 0. The molecule has 90 valence electrons. The number of esters is 1. The number of carbonyl (C=O) groups excluding carboxylic acids is 1. The van der Waals surface area contributed by atoms with E-state index in [1.165, 1.54) is 7.11 Å². The Morgan fingerprint density at radius 1 is 1.35 bits per heavy atom. The highest BCUT2D eigenvalue weighted by molar-refractivity contribution is 5.88. The molecule has 0 aliphatic carbocycles. The normalized spacial score (nSPS) is 9.47. The number of carbonyl (C=O) groups is 1. The number of rotatable bonds is 6. The van der Waals surface area contributed by atoms with Crippen LogP contribution < -0.4 is 4.74 Å². The SMILES string of the molecule is C=CCOc1ccc(CC(=C)C(=O)OC)cc1. The summed E-state index contributed by atoms with van der Waals surface area (Å²) in [7, 11) is 1.35. The number of hydrogen-bond acceptors (Lipinski definition) is 3. The van der Waals surface area contributed by atoms with Crippen molar-refractivity contribution in [3.63, 3.8) is 0 Å². The molecule has 0 radical (unpaired) electrons. The summed E-state index contributed by atoms with van der Waals surface area (Å²) in [6.07, 6.45) is 2.17. The van der Waals surface area contributed by atoms with E-state index in [1.54, 1.807) is 6.08 Å². The summed E-state index contributed by atoms with van der Waals surface area (Å²) >= 11 is 0. The third-order valence-electron chi connectivity index (χ3n) is 2.18. The van der Waals surface area contributed by atoms with E-state index in [-0.39, 0.29) is 5.97 Å². The summed E-state index contributed by atoms with van der Waals surface area (Å²) in [6.45, 7) is 7.73. The predicted molar refractivity (Wildman–Crippen MR) is 67.0 cm³/mol. The van der Waals surface area contributed by atoms with Crippen LogP contribution in [0.1, 0.15) is 5.56 Å². The van der Waals surface area contributed by atoms with Crippen molar-refractivity contribution in [3.05, 3.63) is 54.6 Å². The standard InChI is InChI=1S/C14H16O3/c1-4-9-17-13-7-5-12(6-8-13)10-11(2)14(15)16-3/h4-8H,1-2,9-10H2,3H3. The van der Waals surface area contributed by atoms with E-state index < -0.39 is 0 Å². The molecule has 1 aromatic rings. The van der Waals surface area contributed by atoms with E-state index in [0.717, 1.165) is 11.3 Å². The summed E-state index contributed by atoms with van der Waals surface area (Å²) < 4.78 is 9.94. The lowest BCUT2D eigenvalue weighted by Crippen LogP contribution is -2.05. The second kappa shape index (κ2) is 6.53. The maximum absolute atomic E-state index is 11.2. The van der Waals surface area contributed by atoms with Crippen LogP contribution >= 0.6 is 0 Å². The Balaban J connectivity index is 2.59. The fourth-order valence-corrected chi connectivity index (χ4v) is 1.32. The third kappa shape index (κ3) is 4.15. The molecular weight excluding hydrogens is 216 g/mol. The molecule has 3 heteroatoms. The zero-order chi connectivity index (χ0) is 12.7. The number of ether oxygens (including phenoxy) is 2. The molecule has 3 nitrogen and oxygen atoms in total. The molecule has 0 saturated carbocycles. The minimum Gasteiger partial charge on any atom is -0.490 e. The van der Waals surface area contributed by atoms with Crippen molar-refractivity contribution in [2.75, 3.05) is 13.7 Å². The van der Waals surface area contributed by atoms with Crippen LogP contribution in [-0.4, -0.2) is 19.7 Å². The zero-order valence-corrected chi connectivity index (χ0v) is 9.94. The first kappa shape index (κ1) is 13.0. The van der Waals surface area contributed by atoms with E-state index in [1.807, 2.05) is 24.3 Å². The van der Waals surface area contributed by atoms with Crippen LogP contribution in [0.2, 0.25) is 0 Å². The highest BCUT2D eigenvalue weighted by Crippen LogP contribution is 2.14. The van der Waals surface area contributed by atoms with Crippen molar-refractivity contribution < 1.29 is 14.3 Å². The molecule has 0 N–H and O–H groups in total. The van der Waals surface area contributed by atoms with E-state index >= 15 is 0 Å². The van der Waals surface area contributed by atoms with Gasteiger partial charge in [-0.15, -0.1) is 0 Å². The van der Waals surface area contributed by atoms with Crippen molar-refractivity contribution in [2.24, 2.45) is 0 Å². The van der Waals surface area contributed by atoms with Gasteiger partial charge in [0.15, 0.2) is 0 Å². The topological polar surface area (TPSA) is 35.5 Å². The Morgan fingerprint density at radius 3 is 2.53 bits per heavy atom. The van der Waals surface area contributed by atoms with Gasteiger partial charge in [-0.2, -0.15) is 0 Å². The van der Waals surface area contributed by atoms with E-state index in [2.05, 4.69) is 17.9 Å². The van der Waals surface area contributed by atoms with Gasteiger partial charge in [0.2, 0.25) is 0 Å². The van der Waals surface area contributed by atoms with E-state index in [9.17, 15) is 4.79 Å². The molecule has 0 aliphatic heterocycles. The van der Waals surface area contributed by atoms with Crippen LogP contribution in [0.15, 0.2) is 49.1 Å². The lowest BCUT2D eigenvalue weighted by Gasteiger charge is -2.06. The van der Waals surface area contributed by atoms with Gasteiger partial charge in [0.05, 0.1) is 7.11 Å². The zero-order valence-electron chi connectivity index (χ0n) is 9.94. The van der Waals surface area contributed by atoms with Crippen LogP contribution in [0.25, 0.3) is 0 Å². The maximum atomic E-state index is 11.2. The van der Waals surface area contributed by atoms with Crippen LogP contribution in [0, 0.1) is 0 Å². The van der Waals surface area contributed by atoms with Crippen molar-refractivity contribution in [1.82, 2.24) is 0 Å². The average molecular weight is 232 g/mol. The highest BCUT2D eigenvalue weighted by atomic mass is 16.5. The van der Waals surface area contributed by atoms with Gasteiger partial charge in [0.25, 0.3) is 0 Å². The molecule has 0 unspecified atom stereocenters. The molecule has 0 heterocycles. The second-order valence-corrected chi connectivity index (χ2v) is 3.52. The van der Waals surface area contributed by atoms with Crippen LogP contribution in [0.3, 0.4) is 0 Å². The third-order valence-corrected chi connectivity index (χ3v) is 2.18. The molecule has 17 heavy (non-hydrogen) atoms. The smallest absolute Gasteiger partial charge is 0.333 e. The summed E-state index contributed by atoms with van der Waals surface area (Å²) in [5.41, 5.74) is 1.43. The number of benzene rings is 1. The van der Waals surface area contributed by atoms with Gasteiger partial charge in [-0.05, 0) is 17.7 Å². The Bertz CT molecular complexity index is 404. The van der Waals surface area contributed by atoms with Gasteiger partial charge in [-0.1, -0.05) is 31.4 Å². The molecule has 0 saturated heterocycles. The van der Waals surface area contributed by atoms with Crippen molar-refractivity contribution in [1.29, 1.82) is 0 Å². The molecule has 1 rings (SSSR count). The summed E-state index contributed by atoms with van der Waals surface area (Å²) in [5, 5.41) is 0. The van der Waals surface area contributed by atoms with Gasteiger partial charge in [-0.25, -0.2) is 4.79 Å². The minimum atomic E-state index is -0.378. The molecule has 1 aromatic carbocycles. The molecule has 0 atom stereocenters. The molecule has 0 fully saturated rings. The van der Waals surface area contributed by atoms with Gasteiger partial charge >= 0.3 is 5.97 Å². The van der Waals surface area contributed by atoms with E-state index in [0.29, 0.717) is 18.6 Å². The van der Waals surface area contributed by atoms with Crippen LogP contribution in [-0.2, 0) is 16.0 Å².